The summed E-state index contributed by atoms with van der Waals surface area (Å²) in [5.41, 5.74) is -0.298. The van der Waals surface area contributed by atoms with Gasteiger partial charge in [0.05, 0.1) is 31.7 Å². The van der Waals surface area contributed by atoms with Crippen LogP contribution >= 0.6 is 11.6 Å². The number of hydrogen-bond acceptors (Lipinski definition) is 2. The predicted octanol–water partition coefficient (Wildman–Crippen LogP) is 2.66. The van der Waals surface area contributed by atoms with Crippen molar-refractivity contribution in [3.63, 3.8) is 0 Å². The molecular weight excluding hydrogens is 393 g/mol. The van der Waals surface area contributed by atoms with Crippen LogP contribution in [0.3, 0.4) is 0 Å². The van der Waals surface area contributed by atoms with E-state index in [1.165, 1.54) is 12.1 Å². The summed E-state index contributed by atoms with van der Waals surface area (Å²) in [6.07, 6.45) is -4.35. The van der Waals surface area contributed by atoms with Crippen molar-refractivity contribution in [2.24, 2.45) is 0 Å². The fourth-order valence-corrected chi connectivity index (χ4v) is 3.36. The first-order chi connectivity index (χ1) is 13.3. The number of carbonyl (C=O) groups is 1. The summed E-state index contributed by atoms with van der Waals surface area (Å²) in [4.78, 5) is 15.0. The molecule has 2 aromatic carbocycles. The van der Waals surface area contributed by atoms with E-state index in [0.717, 1.165) is 11.0 Å². The maximum atomic E-state index is 13.1. The Morgan fingerprint density at radius 3 is 2.36 bits per heavy atom. The van der Waals surface area contributed by atoms with E-state index in [2.05, 4.69) is 0 Å². The smallest absolute Gasteiger partial charge is 0.416 e. The van der Waals surface area contributed by atoms with Crippen LogP contribution in [0.15, 0.2) is 48.5 Å². The third-order valence-electron chi connectivity index (χ3n) is 4.76. The molecule has 2 aromatic rings. The summed E-state index contributed by atoms with van der Waals surface area (Å²) in [5, 5.41) is 0.588. The standard InChI is InChI=1S/C20H20ClF3N2O2/c21-16-5-7-17(8-6-16)28-14-19(27)26-11-9-25(10-12-26)13-15-3-1-2-4-18(15)20(22,23)24/h1-8H,9-14H2/p+1. The molecule has 1 saturated heterocycles. The molecule has 1 N–H and O–H groups in total. The number of halogens is 4. The molecule has 1 aliphatic heterocycles. The number of nitrogens with zero attached hydrogens (tertiary/aromatic N) is 1. The van der Waals surface area contributed by atoms with Gasteiger partial charge in [-0.2, -0.15) is 13.2 Å². The number of ether oxygens (including phenoxy) is 1. The van der Waals surface area contributed by atoms with Crippen LogP contribution in [-0.4, -0.2) is 43.6 Å². The number of benzene rings is 2. The van der Waals surface area contributed by atoms with E-state index in [1.807, 2.05) is 0 Å². The highest BCUT2D eigenvalue weighted by molar-refractivity contribution is 6.30. The van der Waals surface area contributed by atoms with Gasteiger partial charge in [-0.25, -0.2) is 0 Å². The minimum atomic E-state index is -4.35. The first-order valence-corrected chi connectivity index (χ1v) is 9.35. The second-order valence-corrected chi connectivity index (χ2v) is 7.14. The highest BCUT2D eigenvalue weighted by Gasteiger charge is 2.34. The van der Waals surface area contributed by atoms with Crippen molar-refractivity contribution in [1.29, 1.82) is 0 Å². The van der Waals surface area contributed by atoms with Crippen LogP contribution in [0.2, 0.25) is 5.02 Å². The molecule has 1 fully saturated rings. The van der Waals surface area contributed by atoms with Crippen LogP contribution in [0, 0.1) is 0 Å². The number of hydrogen-bond donors (Lipinski definition) is 1. The first kappa shape index (κ1) is 20.5. The van der Waals surface area contributed by atoms with Gasteiger partial charge >= 0.3 is 6.18 Å². The largest absolute Gasteiger partial charge is 0.484 e. The summed E-state index contributed by atoms with van der Waals surface area (Å²) < 4.78 is 44.9. The zero-order chi connectivity index (χ0) is 20.1. The van der Waals surface area contributed by atoms with E-state index < -0.39 is 11.7 Å². The molecule has 4 nitrogen and oxygen atoms in total. The monoisotopic (exact) mass is 413 g/mol. The van der Waals surface area contributed by atoms with E-state index in [9.17, 15) is 18.0 Å². The number of alkyl halides is 3. The maximum Gasteiger partial charge on any atom is 0.416 e. The van der Waals surface area contributed by atoms with Gasteiger partial charge < -0.3 is 14.5 Å². The Labute approximate surface area is 166 Å². The quantitative estimate of drug-likeness (QED) is 0.817. The van der Waals surface area contributed by atoms with Gasteiger partial charge in [0.25, 0.3) is 5.91 Å². The molecule has 0 bridgehead atoms. The lowest BCUT2D eigenvalue weighted by molar-refractivity contribution is -0.917. The van der Waals surface area contributed by atoms with E-state index in [0.29, 0.717) is 43.5 Å². The normalized spacial score (nSPS) is 15.5. The van der Waals surface area contributed by atoms with Gasteiger partial charge in [0.1, 0.15) is 12.3 Å². The molecule has 8 heteroatoms. The predicted molar refractivity (Wildman–Crippen MR) is 99.4 cm³/mol. The summed E-state index contributed by atoms with van der Waals surface area (Å²) in [7, 11) is 0. The third-order valence-corrected chi connectivity index (χ3v) is 5.01. The topological polar surface area (TPSA) is 34.0 Å². The molecule has 3 rings (SSSR count). The van der Waals surface area contributed by atoms with Crippen molar-refractivity contribution in [3.8, 4) is 5.75 Å². The van der Waals surface area contributed by atoms with Crippen molar-refractivity contribution >= 4 is 17.5 Å². The Kier molecular flexibility index (Phi) is 6.46. The van der Waals surface area contributed by atoms with Crippen molar-refractivity contribution < 1.29 is 27.6 Å². The summed E-state index contributed by atoms with van der Waals surface area (Å²) in [6, 6.07) is 12.4. The molecule has 28 heavy (non-hydrogen) atoms. The van der Waals surface area contributed by atoms with Crippen molar-refractivity contribution in [2.45, 2.75) is 12.7 Å². The van der Waals surface area contributed by atoms with Crippen LogP contribution in [-0.2, 0) is 17.5 Å². The third kappa shape index (κ3) is 5.39. The van der Waals surface area contributed by atoms with Crippen LogP contribution < -0.4 is 9.64 Å². The molecular formula is C20H21ClF3N2O2+. The van der Waals surface area contributed by atoms with E-state index in [4.69, 9.17) is 16.3 Å². The molecule has 150 valence electrons. The fourth-order valence-electron chi connectivity index (χ4n) is 3.24. The van der Waals surface area contributed by atoms with E-state index in [1.54, 1.807) is 35.2 Å². The molecule has 0 aliphatic carbocycles. The Hall–Kier alpha value is -2.25. The van der Waals surface area contributed by atoms with Crippen molar-refractivity contribution in [2.75, 3.05) is 32.8 Å². The van der Waals surface area contributed by atoms with Gasteiger partial charge in [-0.1, -0.05) is 29.8 Å². The molecule has 0 spiro atoms. The molecule has 0 radical (unpaired) electrons. The number of rotatable bonds is 5. The average Bonchev–Trinajstić information content (AvgIpc) is 2.67. The number of amides is 1. The lowest BCUT2D eigenvalue weighted by Crippen LogP contribution is -3.13. The minimum absolute atomic E-state index is 0.0755. The van der Waals surface area contributed by atoms with Crippen LogP contribution in [0.1, 0.15) is 11.1 Å². The lowest BCUT2D eigenvalue weighted by atomic mass is 10.1. The molecule has 1 heterocycles. The van der Waals surface area contributed by atoms with Gasteiger partial charge in [-0.3, -0.25) is 4.79 Å². The minimum Gasteiger partial charge on any atom is -0.484 e. The Bertz CT molecular complexity index is 804. The zero-order valence-corrected chi connectivity index (χ0v) is 15.9. The van der Waals surface area contributed by atoms with Gasteiger partial charge in [0, 0.05) is 10.6 Å². The number of nitrogens with one attached hydrogen (secondary N) is 1. The Balaban J connectivity index is 1.49. The molecule has 0 aromatic heterocycles. The molecule has 0 unspecified atom stereocenters. The SMILES string of the molecule is O=C(COc1ccc(Cl)cc1)N1CC[NH+](Cc2ccccc2C(F)(F)F)CC1. The Morgan fingerprint density at radius 2 is 1.71 bits per heavy atom. The molecule has 1 amide bonds. The van der Waals surface area contributed by atoms with Crippen molar-refractivity contribution in [1.82, 2.24) is 4.90 Å². The highest BCUT2D eigenvalue weighted by atomic mass is 35.5. The number of quaternary nitrogens is 1. The van der Waals surface area contributed by atoms with E-state index in [-0.39, 0.29) is 18.1 Å². The summed E-state index contributed by atoms with van der Waals surface area (Å²) in [5.74, 6) is 0.426. The van der Waals surface area contributed by atoms with Crippen LogP contribution in [0.25, 0.3) is 0 Å². The van der Waals surface area contributed by atoms with E-state index >= 15 is 0 Å². The second-order valence-electron chi connectivity index (χ2n) is 6.71. The maximum absolute atomic E-state index is 13.1. The Morgan fingerprint density at radius 1 is 1.07 bits per heavy atom. The molecule has 0 saturated carbocycles. The number of carbonyl (C=O) groups excluding carboxylic acids is 1. The van der Waals surface area contributed by atoms with Gasteiger partial charge in [0.2, 0.25) is 0 Å². The lowest BCUT2D eigenvalue weighted by Gasteiger charge is -2.32. The van der Waals surface area contributed by atoms with Crippen LogP contribution in [0.5, 0.6) is 5.75 Å². The second kappa shape index (κ2) is 8.84. The summed E-state index contributed by atoms with van der Waals surface area (Å²) >= 11 is 5.81. The molecule has 0 atom stereocenters. The first-order valence-electron chi connectivity index (χ1n) is 8.98. The van der Waals surface area contributed by atoms with Gasteiger partial charge in [0.15, 0.2) is 6.61 Å². The van der Waals surface area contributed by atoms with Gasteiger partial charge in [-0.15, -0.1) is 0 Å². The summed E-state index contributed by atoms with van der Waals surface area (Å²) in [6.45, 7) is 2.39. The fraction of sp³-hybridized carbons (Fsp3) is 0.350. The van der Waals surface area contributed by atoms with Gasteiger partial charge in [-0.05, 0) is 30.3 Å². The van der Waals surface area contributed by atoms with Crippen LogP contribution in [0.4, 0.5) is 13.2 Å². The average molecular weight is 414 g/mol. The number of piperazine rings is 1. The highest BCUT2D eigenvalue weighted by Crippen LogP contribution is 2.31. The molecule has 1 aliphatic rings. The van der Waals surface area contributed by atoms with Crippen molar-refractivity contribution in [3.05, 3.63) is 64.7 Å². The zero-order valence-electron chi connectivity index (χ0n) is 15.1.